The fraction of sp³-hybridized carbons (Fsp3) is 0.778. The monoisotopic (exact) mass is 252 g/mol. The minimum absolute atomic E-state index is 0.0584. The van der Waals surface area contributed by atoms with Crippen LogP contribution in [-0.4, -0.2) is 47.5 Å². The fourth-order valence-corrected chi connectivity index (χ4v) is 1.18. The molecule has 1 heterocycles. The molecule has 0 spiro atoms. The molecule has 0 aromatic carbocycles. The number of nitrogens with zero attached hydrogens (tertiary/aromatic N) is 3. The Hall–Kier alpha value is -1.15. The van der Waals surface area contributed by atoms with Crippen LogP contribution in [0.1, 0.15) is 6.42 Å². The van der Waals surface area contributed by atoms with Gasteiger partial charge >= 0.3 is 6.18 Å². The minimum Gasteiger partial charge on any atom is -0.371 e. The van der Waals surface area contributed by atoms with Gasteiger partial charge in [0.1, 0.15) is 6.61 Å². The molecule has 0 fully saturated rings. The maximum absolute atomic E-state index is 11.7. The molecule has 1 aromatic rings. The summed E-state index contributed by atoms with van der Waals surface area (Å²) in [6, 6.07) is 0. The van der Waals surface area contributed by atoms with Crippen LogP contribution in [0.5, 0.6) is 0 Å². The topological polar surface area (TPSA) is 52.0 Å². The highest BCUT2D eigenvalue weighted by Gasteiger charge is 2.27. The first-order valence-corrected chi connectivity index (χ1v) is 5.27. The van der Waals surface area contributed by atoms with Crippen LogP contribution < -0.4 is 5.32 Å². The highest BCUT2D eigenvalue weighted by Crippen LogP contribution is 2.13. The van der Waals surface area contributed by atoms with Crippen molar-refractivity contribution in [3.05, 3.63) is 12.4 Å². The predicted molar refractivity (Wildman–Crippen MR) is 54.4 cm³/mol. The maximum Gasteiger partial charge on any atom is 0.411 e. The zero-order valence-corrected chi connectivity index (χ0v) is 9.28. The molecule has 5 nitrogen and oxygen atoms in total. The van der Waals surface area contributed by atoms with E-state index >= 15 is 0 Å². The standard InChI is InChI=1S/C9H15F3N4O/c10-9(11,12)8-17-7-4-13-2-1-5-16-6-3-14-15-16/h3,6,13H,1-2,4-5,7-8H2. The lowest BCUT2D eigenvalue weighted by Gasteiger charge is -2.08. The number of halogens is 3. The van der Waals surface area contributed by atoms with Crippen LogP contribution in [0.2, 0.25) is 0 Å². The molecule has 0 atom stereocenters. The maximum atomic E-state index is 11.7. The average molecular weight is 252 g/mol. The van der Waals surface area contributed by atoms with Crippen molar-refractivity contribution in [3.63, 3.8) is 0 Å². The van der Waals surface area contributed by atoms with Crippen molar-refractivity contribution in [2.45, 2.75) is 19.1 Å². The van der Waals surface area contributed by atoms with Crippen molar-refractivity contribution in [3.8, 4) is 0 Å². The second-order valence-corrected chi connectivity index (χ2v) is 3.44. The van der Waals surface area contributed by atoms with Crippen molar-refractivity contribution < 1.29 is 17.9 Å². The number of aryl methyl sites for hydroxylation is 1. The zero-order chi connectivity index (χ0) is 12.6. The SMILES string of the molecule is FC(F)(F)COCCNCCCn1ccnn1. The van der Waals surface area contributed by atoms with E-state index in [1.807, 2.05) is 0 Å². The molecule has 1 N–H and O–H groups in total. The number of alkyl halides is 3. The first-order valence-electron chi connectivity index (χ1n) is 5.27. The van der Waals surface area contributed by atoms with E-state index in [4.69, 9.17) is 0 Å². The van der Waals surface area contributed by atoms with Crippen LogP contribution in [0.3, 0.4) is 0 Å². The summed E-state index contributed by atoms with van der Waals surface area (Å²) in [5.41, 5.74) is 0. The van der Waals surface area contributed by atoms with Crippen molar-refractivity contribution >= 4 is 0 Å². The summed E-state index contributed by atoms with van der Waals surface area (Å²) in [6.07, 6.45) is -0.0550. The molecule has 0 saturated heterocycles. The van der Waals surface area contributed by atoms with Crippen LogP contribution in [0.15, 0.2) is 12.4 Å². The van der Waals surface area contributed by atoms with Gasteiger partial charge in [0.15, 0.2) is 0 Å². The van der Waals surface area contributed by atoms with Gasteiger partial charge in [-0.15, -0.1) is 5.10 Å². The Labute approximate surface area is 96.9 Å². The lowest BCUT2D eigenvalue weighted by atomic mass is 10.4. The van der Waals surface area contributed by atoms with E-state index in [0.29, 0.717) is 13.1 Å². The Morgan fingerprint density at radius 3 is 2.76 bits per heavy atom. The molecule has 0 saturated carbocycles. The van der Waals surface area contributed by atoms with Crippen molar-refractivity contribution in [1.82, 2.24) is 20.3 Å². The first kappa shape index (κ1) is 13.9. The van der Waals surface area contributed by atoms with Gasteiger partial charge in [-0.25, -0.2) is 0 Å². The van der Waals surface area contributed by atoms with E-state index in [1.165, 1.54) is 0 Å². The number of hydrogen-bond acceptors (Lipinski definition) is 4. The molecule has 0 aliphatic heterocycles. The van der Waals surface area contributed by atoms with Gasteiger partial charge in [-0.3, -0.25) is 4.68 Å². The molecule has 98 valence electrons. The normalized spacial score (nSPS) is 11.9. The number of rotatable bonds is 8. The molecule has 8 heteroatoms. The molecule has 1 rings (SSSR count). The van der Waals surface area contributed by atoms with Crippen molar-refractivity contribution in [2.24, 2.45) is 0 Å². The summed E-state index contributed by atoms with van der Waals surface area (Å²) in [7, 11) is 0. The average Bonchev–Trinajstić information content (AvgIpc) is 2.73. The summed E-state index contributed by atoms with van der Waals surface area (Å²) in [5.74, 6) is 0. The molecule has 0 aliphatic rings. The molecule has 0 bridgehead atoms. The fourth-order valence-electron chi connectivity index (χ4n) is 1.18. The largest absolute Gasteiger partial charge is 0.411 e. The van der Waals surface area contributed by atoms with E-state index in [1.54, 1.807) is 17.1 Å². The highest BCUT2D eigenvalue weighted by molar-refractivity contribution is 4.63. The Morgan fingerprint density at radius 2 is 2.12 bits per heavy atom. The van der Waals surface area contributed by atoms with Crippen LogP contribution in [-0.2, 0) is 11.3 Å². The van der Waals surface area contributed by atoms with Crippen molar-refractivity contribution in [1.29, 1.82) is 0 Å². The van der Waals surface area contributed by atoms with Crippen LogP contribution in [0.4, 0.5) is 13.2 Å². The molecule has 0 amide bonds. The summed E-state index contributed by atoms with van der Waals surface area (Å²) in [5, 5.41) is 10.4. The molecule has 1 aromatic heterocycles. The predicted octanol–water partition coefficient (Wildman–Crippen LogP) is 0.837. The number of hydrogen-bond donors (Lipinski definition) is 1. The summed E-state index contributed by atoms with van der Waals surface area (Å²) >= 11 is 0. The van der Waals surface area contributed by atoms with Gasteiger partial charge in [-0.05, 0) is 13.0 Å². The van der Waals surface area contributed by atoms with Gasteiger partial charge in [-0.1, -0.05) is 5.21 Å². The van der Waals surface area contributed by atoms with E-state index in [9.17, 15) is 13.2 Å². The molecular weight excluding hydrogens is 237 g/mol. The van der Waals surface area contributed by atoms with Crippen LogP contribution in [0, 0.1) is 0 Å². The molecule has 0 unspecified atom stereocenters. The van der Waals surface area contributed by atoms with E-state index in [-0.39, 0.29) is 6.61 Å². The lowest BCUT2D eigenvalue weighted by molar-refractivity contribution is -0.173. The summed E-state index contributed by atoms with van der Waals surface area (Å²) in [6.45, 7) is 0.718. The highest BCUT2D eigenvalue weighted by atomic mass is 19.4. The molecule has 0 aliphatic carbocycles. The van der Waals surface area contributed by atoms with Crippen LogP contribution >= 0.6 is 0 Å². The smallest absolute Gasteiger partial charge is 0.371 e. The second kappa shape index (κ2) is 7.23. The van der Waals surface area contributed by atoms with Gasteiger partial charge in [0.05, 0.1) is 12.8 Å². The summed E-state index contributed by atoms with van der Waals surface area (Å²) < 4.78 is 41.2. The van der Waals surface area contributed by atoms with Gasteiger partial charge in [0.25, 0.3) is 0 Å². The van der Waals surface area contributed by atoms with Gasteiger partial charge < -0.3 is 10.1 Å². The third kappa shape index (κ3) is 7.70. The summed E-state index contributed by atoms with van der Waals surface area (Å²) in [4.78, 5) is 0. The van der Waals surface area contributed by atoms with Gasteiger partial charge in [-0.2, -0.15) is 13.2 Å². The van der Waals surface area contributed by atoms with Gasteiger partial charge in [0, 0.05) is 19.3 Å². The molecule has 17 heavy (non-hydrogen) atoms. The Morgan fingerprint density at radius 1 is 1.29 bits per heavy atom. The first-order chi connectivity index (χ1) is 8.08. The zero-order valence-electron chi connectivity index (χ0n) is 9.28. The van der Waals surface area contributed by atoms with Gasteiger partial charge in [0.2, 0.25) is 0 Å². The van der Waals surface area contributed by atoms with Crippen LogP contribution in [0.25, 0.3) is 0 Å². The Kier molecular flexibility index (Phi) is 5.92. The number of ether oxygens (including phenoxy) is 1. The Balaban J connectivity index is 1.85. The molecular formula is C9H15F3N4O. The van der Waals surface area contributed by atoms with E-state index in [0.717, 1.165) is 13.0 Å². The number of nitrogens with one attached hydrogen (secondary N) is 1. The third-order valence-electron chi connectivity index (χ3n) is 1.90. The number of aromatic nitrogens is 3. The third-order valence-corrected chi connectivity index (χ3v) is 1.90. The lowest BCUT2D eigenvalue weighted by Crippen LogP contribution is -2.25. The quantitative estimate of drug-likeness (QED) is 0.696. The second-order valence-electron chi connectivity index (χ2n) is 3.44. The van der Waals surface area contributed by atoms with Crippen molar-refractivity contribution in [2.75, 3.05) is 26.3 Å². The van der Waals surface area contributed by atoms with E-state index in [2.05, 4.69) is 20.4 Å². The molecule has 0 radical (unpaired) electrons. The van der Waals surface area contributed by atoms with E-state index < -0.39 is 12.8 Å². The Bertz CT molecular complexity index is 289. The minimum atomic E-state index is -4.24.